The summed E-state index contributed by atoms with van der Waals surface area (Å²) in [6, 6.07) is 4.59. The van der Waals surface area contributed by atoms with Crippen LogP contribution >= 0.6 is 11.6 Å². The van der Waals surface area contributed by atoms with Crippen LogP contribution in [0.1, 0.15) is 30.1 Å². The number of benzene rings is 1. The molecule has 2 aliphatic heterocycles. The molecule has 4 nitrogen and oxygen atoms in total. The minimum Gasteiger partial charge on any atom is -0.339 e. The minimum atomic E-state index is -0.463. The van der Waals surface area contributed by atoms with Crippen LogP contribution in [0.5, 0.6) is 0 Å². The van der Waals surface area contributed by atoms with Gasteiger partial charge in [0.1, 0.15) is 5.82 Å². The van der Waals surface area contributed by atoms with Gasteiger partial charge in [-0.1, -0.05) is 11.6 Å². The van der Waals surface area contributed by atoms with E-state index in [1.807, 2.05) is 4.90 Å². The second kappa shape index (κ2) is 8.02. The van der Waals surface area contributed by atoms with Crippen LogP contribution in [0.3, 0.4) is 0 Å². The van der Waals surface area contributed by atoms with E-state index >= 15 is 0 Å². The first-order chi connectivity index (χ1) is 11.9. The number of carbonyl (C=O) groups excluding carboxylic acids is 1. The van der Waals surface area contributed by atoms with Gasteiger partial charge in [-0.3, -0.25) is 9.69 Å². The van der Waals surface area contributed by atoms with E-state index in [1.165, 1.54) is 12.1 Å². The maximum Gasteiger partial charge on any atom is 0.254 e. The molecule has 138 valence electrons. The summed E-state index contributed by atoms with van der Waals surface area (Å²) in [5, 5.41) is 0.266. The molecular weight excluding hydrogens is 341 g/mol. The highest BCUT2D eigenvalue weighted by Crippen LogP contribution is 2.26. The molecule has 0 saturated carbocycles. The van der Waals surface area contributed by atoms with Gasteiger partial charge >= 0.3 is 0 Å². The molecule has 0 aromatic heterocycles. The van der Waals surface area contributed by atoms with E-state index in [0.717, 1.165) is 52.1 Å². The summed E-state index contributed by atoms with van der Waals surface area (Å²) >= 11 is 5.87. The third-order valence-electron chi connectivity index (χ3n) is 5.73. The van der Waals surface area contributed by atoms with Crippen LogP contribution in [0.25, 0.3) is 0 Å². The van der Waals surface area contributed by atoms with E-state index in [4.69, 9.17) is 11.6 Å². The molecule has 0 N–H and O–H groups in total. The van der Waals surface area contributed by atoms with E-state index in [1.54, 1.807) is 6.07 Å². The molecule has 2 fully saturated rings. The SMILES string of the molecule is CC(C1CCN(C(=O)c2cc(F)cc(Cl)c2)CC1)N1CCN(C)CC1. The van der Waals surface area contributed by atoms with Crippen molar-refractivity contribution in [3.63, 3.8) is 0 Å². The van der Waals surface area contributed by atoms with Crippen molar-refractivity contribution in [1.29, 1.82) is 0 Å². The molecule has 2 heterocycles. The summed E-state index contributed by atoms with van der Waals surface area (Å²) in [5.41, 5.74) is 0.343. The summed E-state index contributed by atoms with van der Waals surface area (Å²) in [6.45, 7) is 8.28. The zero-order valence-corrected chi connectivity index (χ0v) is 15.8. The second-order valence-corrected chi connectivity index (χ2v) is 7.80. The second-order valence-electron chi connectivity index (χ2n) is 7.37. The van der Waals surface area contributed by atoms with Crippen LogP contribution in [0.2, 0.25) is 5.02 Å². The lowest BCUT2D eigenvalue weighted by Gasteiger charge is -2.42. The molecule has 0 bridgehead atoms. The molecule has 0 spiro atoms. The molecule has 6 heteroatoms. The van der Waals surface area contributed by atoms with E-state index in [-0.39, 0.29) is 10.9 Å². The van der Waals surface area contributed by atoms with E-state index in [9.17, 15) is 9.18 Å². The van der Waals surface area contributed by atoms with Gasteiger partial charge in [0, 0.05) is 55.9 Å². The normalized spacial score (nSPS) is 22.2. The lowest BCUT2D eigenvalue weighted by atomic mass is 9.88. The lowest BCUT2D eigenvalue weighted by molar-refractivity contribution is 0.0500. The van der Waals surface area contributed by atoms with E-state index in [2.05, 4.69) is 23.8 Å². The van der Waals surface area contributed by atoms with Gasteiger partial charge < -0.3 is 9.80 Å². The van der Waals surface area contributed by atoms with Gasteiger partial charge in [-0.15, -0.1) is 0 Å². The van der Waals surface area contributed by atoms with Gasteiger partial charge in [-0.05, 0) is 50.9 Å². The number of carbonyl (C=O) groups is 1. The Hall–Kier alpha value is -1.17. The van der Waals surface area contributed by atoms with Gasteiger partial charge in [0.2, 0.25) is 0 Å². The number of amides is 1. The number of piperazine rings is 1. The van der Waals surface area contributed by atoms with Crippen molar-refractivity contribution in [1.82, 2.24) is 14.7 Å². The Labute approximate surface area is 154 Å². The predicted octanol–water partition coefficient (Wildman–Crippen LogP) is 2.97. The molecule has 2 aliphatic rings. The van der Waals surface area contributed by atoms with Gasteiger partial charge in [0.25, 0.3) is 5.91 Å². The first-order valence-electron chi connectivity index (χ1n) is 9.12. The highest BCUT2D eigenvalue weighted by molar-refractivity contribution is 6.31. The quantitative estimate of drug-likeness (QED) is 0.821. The fraction of sp³-hybridized carbons (Fsp3) is 0.632. The largest absolute Gasteiger partial charge is 0.339 e. The fourth-order valence-corrected chi connectivity index (χ4v) is 4.19. The molecule has 1 atom stereocenters. The first-order valence-corrected chi connectivity index (χ1v) is 9.50. The molecule has 0 aliphatic carbocycles. The summed E-state index contributed by atoms with van der Waals surface area (Å²) < 4.78 is 13.5. The van der Waals surface area contributed by atoms with Crippen molar-refractivity contribution >= 4 is 17.5 Å². The third kappa shape index (κ3) is 4.52. The average molecular weight is 368 g/mol. The van der Waals surface area contributed by atoms with Crippen molar-refractivity contribution in [3.8, 4) is 0 Å². The summed E-state index contributed by atoms with van der Waals surface area (Å²) in [7, 11) is 2.17. The zero-order chi connectivity index (χ0) is 18.0. The highest BCUT2D eigenvalue weighted by atomic mass is 35.5. The Morgan fingerprint density at radius 2 is 1.76 bits per heavy atom. The van der Waals surface area contributed by atoms with Crippen LogP contribution in [-0.4, -0.2) is 73.0 Å². The smallest absolute Gasteiger partial charge is 0.254 e. The van der Waals surface area contributed by atoms with Crippen molar-refractivity contribution < 1.29 is 9.18 Å². The summed E-state index contributed by atoms with van der Waals surface area (Å²) in [5.74, 6) is 0.0325. The maximum absolute atomic E-state index is 13.5. The van der Waals surface area contributed by atoms with Crippen LogP contribution in [-0.2, 0) is 0 Å². The number of halogens is 2. The molecule has 0 radical (unpaired) electrons. The molecule has 1 unspecified atom stereocenters. The third-order valence-corrected chi connectivity index (χ3v) is 5.95. The van der Waals surface area contributed by atoms with Crippen LogP contribution in [0.4, 0.5) is 4.39 Å². The van der Waals surface area contributed by atoms with Crippen molar-refractivity contribution in [2.45, 2.75) is 25.8 Å². The molecule has 1 aromatic carbocycles. The molecule has 3 rings (SSSR count). The Kier molecular flexibility index (Phi) is 5.97. The number of nitrogens with zero attached hydrogens (tertiary/aromatic N) is 3. The Morgan fingerprint density at radius 1 is 1.12 bits per heavy atom. The topological polar surface area (TPSA) is 26.8 Å². The highest BCUT2D eigenvalue weighted by Gasteiger charge is 2.30. The first kappa shape index (κ1) is 18.6. The van der Waals surface area contributed by atoms with Crippen molar-refractivity contribution in [2.24, 2.45) is 5.92 Å². The molecule has 2 saturated heterocycles. The number of hydrogen-bond acceptors (Lipinski definition) is 3. The lowest BCUT2D eigenvalue weighted by Crippen LogP contribution is -2.52. The number of likely N-dealkylation sites (tertiary alicyclic amines) is 1. The number of likely N-dealkylation sites (N-methyl/N-ethyl adjacent to an activating group) is 1. The monoisotopic (exact) mass is 367 g/mol. The summed E-state index contributed by atoms with van der Waals surface area (Å²) in [6.07, 6.45) is 2.00. The van der Waals surface area contributed by atoms with Crippen molar-refractivity contribution in [3.05, 3.63) is 34.6 Å². The Bertz CT molecular complexity index is 590. The molecule has 1 aromatic rings. The van der Waals surface area contributed by atoms with Gasteiger partial charge in [-0.2, -0.15) is 0 Å². The average Bonchev–Trinajstić information content (AvgIpc) is 2.60. The van der Waals surface area contributed by atoms with Gasteiger partial charge in [0.05, 0.1) is 0 Å². The maximum atomic E-state index is 13.5. The molecular formula is C19H27ClFN3O. The Balaban J connectivity index is 1.55. The number of piperidine rings is 1. The molecule has 1 amide bonds. The van der Waals surface area contributed by atoms with E-state index in [0.29, 0.717) is 17.5 Å². The molecule has 25 heavy (non-hydrogen) atoms. The Morgan fingerprint density at radius 3 is 2.36 bits per heavy atom. The van der Waals surface area contributed by atoms with Crippen LogP contribution in [0, 0.1) is 11.7 Å². The zero-order valence-electron chi connectivity index (χ0n) is 15.0. The van der Waals surface area contributed by atoms with Gasteiger partial charge in [0.15, 0.2) is 0 Å². The standard InChI is InChI=1S/C19H27ClFN3O/c1-14(23-9-7-22(2)8-10-23)15-3-5-24(6-4-15)19(25)16-11-17(20)13-18(21)12-16/h11-15H,3-10H2,1-2H3. The minimum absolute atomic E-state index is 0.118. The number of rotatable bonds is 3. The fourth-order valence-electron chi connectivity index (χ4n) is 3.97. The summed E-state index contributed by atoms with van der Waals surface area (Å²) in [4.78, 5) is 19.4. The van der Waals surface area contributed by atoms with Crippen LogP contribution < -0.4 is 0 Å². The van der Waals surface area contributed by atoms with Crippen molar-refractivity contribution in [2.75, 3.05) is 46.3 Å². The van der Waals surface area contributed by atoms with E-state index < -0.39 is 5.82 Å². The number of hydrogen-bond donors (Lipinski definition) is 0. The van der Waals surface area contributed by atoms with Crippen LogP contribution in [0.15, 0.2) is 18.2 Å². The van der Waals surface area contributed by atoms with Gasteiger partial charge in [-0.25, -0.2) is 4.39 Å². The predicted molar refractivity (Wildman–Crippen MR) is 98.6 cm³/mol.